The lowest BCUT2D eigenvalue weighted by Crippen LogP contribution is -2.48. The molecule has 0 fully saturated rings. The Hall–Kier alpha value is -0.980. The fraction of sp³-hybridized carbons (Fsp3) is 0.857. The van der Waals surface area contributed by atoms with Gasteiger partial charge < -0.3 is 15.0 Å². The Morgan fingerprint density at radius 1 is 1.40 bits per heavy atom. The van der Waals surface area contributed by atoms with Gasteiger partial charge in [-0.1, -0.05) is 13.8 Å². The molecule has 1 aromatic rings. The van der Waals surface area contributed by atoms with Gasteiger partial charge in [0.1, 0.15) is 12.2 Å². The third kappa shape index (κ3) is 3.56. The summed E-state index contributed by atoms with van der Waals surface area (Å²) in [5, 5.41) is 21.2. The normalized spacial score (nSPS) is 18.8. The minimum atomic E-state index is -0.107. The van der Waals surface area contributed by atoms with E-state index in [1.807, 2.05) is 6.33 Å². The molecule has 2 N–H and O–H groups in total. The number of nitrogens with one attached hydrogen (secondary N) is 1. The average Bonchev–Trinajstić information content (AvgIpc) is 2.94. The summed E-state index contributed by atoms with van der Waals surface area (Å²) in [5.74, 6) is 1.06. The molecular formula is C14H27N5O. The number of fused-ring (bicyclic) bond motifs is 1. The lowest BCUT2D eigenvalue weighted by Gasteiger charge is -2.33. The van der Waals surface area contributed by atoms with Gasteiger partial charge in [-0.15, -0.1) is 10.2 Å². The highest BCUT2D eigenvalue weighted by atomic mass is 16.3. The first kappa shape index (κ1) is 15.4. The van der Waals surface area contributed by atoms with Crippen molar-refractivity contribution in [2.24, 2.45) is 0 Å². The number of aromatic nitrogens is 3. The van der Waals surface area contributed by atoms with E-state index in [4.69, 9.17) is 0 Å². The Labute approximate surface area is 121 Å². The number of hydrogen-bond donors (Lipinski definition) is 2. The lowest BCUT2D eigenvalue weighted by atomic mass is 9.91. The number of nitrogens with zero attached hydrogens (tertiary/aromatic N) is 4. The second-order valence-electron chi connectivity index (χ2n) is 5.64. The summed E-state index contributed by atoms with van der Waals surface area (Å²) in [4.78, 5) is 2.42. The van der Waals surface area contributed by atoms with Crippen LogP contribution < -0.4 is 5.32 Å². The van der Waals surface area contributed by atoms with Crippen molar-refractivity contribution in [1.82, 2.24) is 25.0 Å². The first-order valence-corrected chi connectivity index (χ1v) is 7.68. The van der Waals surface area contributed by atoms with Crippen LogP contribution >= 0.6 is 0 Å². The van der Waals surface area contributed by atoms with Crippen molar-refractivity contribution >= 4 is 0 Å². The van der Waals surface area contributed by atoms with Gasteiger partial charge >= 0.3 is 0 Å². The van der Waals surface area contributed by atoms with E-state index in [9.17, 15) is 5.11 Å². The van der Waals surface area contributed by atoms with Gasteiger partial charge in [0.05, 0.1) is 13.2 Å². The van der Waals surface area contributed by atoms with E-state index in [0.29, 0.717) is 0 Å². The highest BCUT2D eigenvalue weighted by molar-refractivity contribution is 4.90. The predicted molar refractivity (Wildman–Crippen MR) is 78.3 cm³/mol. The van der Waals surface area contributed by atoms with Crippen molar-refractivity contribution in [1.29, 1.82) is 0 Å². The molecule has 6 heteroatoms. The first-order chi connectivity index (χ1) is 9.73. The number of rotatable bonds is 8. The minimum Gasteiger partial charge on any atom is -0.394 e. The summed E-state index contributed by atoms with van der Waals surface area (Å²) in [7, 11) is 0. The highest BCUT2D eigenvalue weighted by Crippen LogP contribution is 2.18. The first-order valence-electron chi connectivity index (χ1n) is 7.68. The molecule has 0 bridgehead atoms. The van der Waals surface area contributed by atoms with Gasteiger partial charge in [-0.05, 0) is 32.4 Å². The van der Waals surface area contributed by atoms with E-state index in [1.165, 1.54) is 0 Å². The Morgan fingerprint density at radius 3 is 2.95 bits per heavy atom. The second kappa shape index (κ2) is 7.15. The molecule has 2 rings (SSSR count). The van der Waals surface area contributed by atoms with Gasteiger partial charge in [0.15, 0.2) is 0 Å². The molecule has 0 aromatic carbocycles. The molecule has 1 aromatic heterocycles. The molecule has 114 valence electrons. The Bertz CT molecular complexity index is 402. The van der Waals surface area contributed by atoms with E-state index < -0.39 is 0 Å². The smallest absolute Gasteiger partial charge is 0.147 e. The molecule has 0 radical (unpaired) electrons. The maximum absolute atomic E-state index is 9.65. The summed E-state index contributed by atoms with van der Waals surface area (Å²) >= 11 is 0. The maximum Gasteiger partial charge on any atom is 0.147 e. The van der Waals surface area contributed by atoms with Crippen LogP contribution in [-0.2, 0) is 13.1 Å². The largest absolute Gasteiger partial charge is 0.394 e. The Kier molecular flexibility index (Phi) is 5.51. The van der Waals surface area contributed by atoms with Crippen molar-refractivity contribution in [3.05, 3.63) is 12.2 Å². The van der Waals surface area contributed by atoms with E-state index in [0.717, 1.165) is 57.8 Å². The third-order valence-electron chi connectivity index (χ3n) is 4.38. The minimum absolute atomic E-state index is 0.107. The van der Waals surface area contributed by atoms with Gasteiger partial charge in [-0.2, -0.15) is 0 Å². The lowest BCUT2D eigenvalue weighted by molar-refractivity contribution is 0.136. The van der Waals surface area contributed by atoms with E-state index >= 15 is 0 Å². The van der Waals surface area contributed by atoms with Crippen LogP contribution in [0.5, 0.6) is 0 Å². The molecule has 0 saturated heterocycles. The zero-order valence-electron chi connectivity index (χ0n) is 12.7. The quantitative estimate of drug-likeness (QED) is 0.731. The molecule has 6 nitrogen and oxygen atoms in total. The molecule has 1 aliphatic heterocycles. The summed E-state index contributed by atoms with van der Waals surface area (Å²) < 4.78 is 2.12. The molecule has 1 aliphatic rings. The molecule has 2 heterocycles. The molecule has 20 heavy (non-hydrogen) atoms. The predicted octanol–water partition coefficient (Wildman–Crippen LogP) is 0.625. The van der Waals surface area contributed by atoms with Gasteiger partial charge in [0, 0.05) is 18.6 Å². The van der Waals surface area contributed by atoms with Gasteiger partial charge in [-0.25, -0.2) is 0 Å². The monoisotopic (exact) mass is 281 g/mol. The van der Waals surface area contributed by atoms with Crippen LogP contribution in [0.2, 0.25) is 0 Å². The van der Waals surface area contributed by atoms with Gasteiger partial charge in [0.25, 0.3) is 0 Å². The summed E-state index contributed by atoms with van der Waals surface area (Å²) in [6, 6.07) is 0. The zero-order valence-corrected chi connectivity index (χ0v) is 12.7. The fourth-order valence-electron chi connectivity index (χ4n) is 2.96. The van der Waals surface area contributed by atoms with Crippen LogP contribution in [0.3, 0.4) is 0 Å². The van der Waals surface area contributed by atoms with Crippen LogP contribution in [0.15, 0.2) is 6.33 Å². The Morgan fingerprint density at radius 2 is 2.25 bits per heavy atom. The average molecular weight is 281 g/mol. The molecule has 1 atom stereocenters. The summed E-state index contributed by atoms with van der Waals surface area (Å²) in [6.07, 6.45) is 4.88. The number of likely N-dealkylation sites (N-methyl/N-ethyl adjacent to an activating group) is 1. The number of aliphatic hydroxyl groups excluding tert-OH is 1. The number of hydrogen-bond acceptors (Lipinski definition) is 5. The van der Waals surface area contributed by atoms with Crippen molar-refractivity contribution in [2.75, 3.05) is 26.2 Å². The molecule has 0 saturated carbocycles. The van der Waals surface area contributed by atoms with E-state index in [1.54, 1.807) is 0 Å². The van der Waals surface area contributed by atoms with Crippen LogP contribution in [0.25, 0.3) is 0 Å². The molecule has 0 amide bonds. The summed E-state index contributed by atoms with van der Waals surface area (Å²) in [5.41, 5.74) is -0.107. The second-order valence-corrected chi connectivity index (χ2v) is 5.64. The highest BCUT2D eigenvalue weighted by Gasteiger charge is 2.26. The molecule has 1 unspecified atom stereocenters. The molecular weight excluding hydrogens is 254 g/mol. The standard InChI is InChI=1S/C14H27N5O/c1-3-14(11-20,15-4-2)6-5-7-18-8-9-19-12-16-17-13(19)10-18/h12,15,20H,3-11H2,1-2H3. The van der Waals surface area contributed by atoms with Gasteiger partial charge in [0.2, 0.25) is 0 Å². The van der Waals surface area contributed by atoms with Crippen LogP contribution in [-0.4, -0.2) is 56.6 Å². The van der Waals surface area contributed by atoms with Crippen LogP contribution in [0.4, 0.5) is 0 Å². The zero-order chi connectivity index (χ0) is 14.4. The third-order valence-corrected chi connectivity index (χ3v) is 4.38. The van der Waals surface area contributed by atoms with Crippen molar-refractivity contribution in [3.63, 3.8) is 0 Å². The van der Waals surface area contributed by atoms with Crippen molar-refractivity contribution in [3.8, 4) is 0 Å². The topological polar surface area (TPSA) is 66.2 Å². The fourth-order valence-corrected chi connectivity index (χ4v) is 2.96. The van der Waals surface area contributed by atoms with E-state index in [-0.39, 0.29) is 12.1 Å². The molecule has 0 spiro atoms. The Balaban J connectivity index is 1.78. The number of aliphatic hydroxyl groups is 1. The SMILES string of the molecule is CCNC(CC)(CO)CCCN1CCn2cnnc2C1. The maximum atomic E-state index is 9.65. The van der Waals surface area contributed by atoms with E-state index in [2.05, 4.69) is 38.8 Å². The van der Waals surface area contributed by atoms with Crippen molar-refractivity contribution in [2.45, 2.75) is 51.7 Å². The van der Waals surface area contributed by atoms with Crippen LogP contribution in [0.1, 0.15) is 38.9 Å². The van der Waals surface area contributed by atoms with Crippen molar-refractivity contribution < 1.29 is 5.11 Å². The van der Waals surface area contributed by atoms with Crippen LogP contribution in [0, 0.1) is 0 Å². The summed E-state index contributed by atoms with van der Waals surface area (Å²) in [6.45, 7) is 9.34. The van der Waals surface area contributed by atoms with Gasteiger partial charge in [-0.3, -0.25) is 4.90 Å². The molecule has 0 aliphatic carbocycles.